The number of hydrogen-bond donors (Lipinski definition) is 3. The molecule has 3 aromatic rings. The van der Waals surface area contributed by atoms with Gasteiger partial charge in [-0.05, 0) is 49.2 Å². The summed E-state index contributed by atoms with van der Waals surface area (Å²) in [7, 11) is 0. The van der Waals surface area contributed by atoms with E-state index in [1.54, 1.807) is 41.9 Å². The zero-order valence-corrected chi connectivity index (χ0v) is 18.0. The van der Waals surface area contributed by atoms with E-state index in [1.807, 2.05) is 23.1 Å². The fourth-order valence-corrected chi connectivity index (χ4v) is 3.75. The van der Waals surface area contributed by atoms with Crippen molar-refractivity contribution in [3.63, 3.8) is 0 Å². The minimum atomic E-state index is -0.587. The Bertz CT molecular complexity index is 1130. The van der Waals surface area contributed by atoms with Gasteiger partial charge in [0, 0.05) is 41.0 Å². The van der Waals surface area contributed by atoms with Crippen LogP contribution in [-0.2, 0) is 11.2 Å². The molecule has 3 N–H and O–H groups in total. The van der Waals surface area contributed by atoms with E-state index in [9.17, 15) is 9.59 Å². The number of carbonyl (C=O) groups is 2. The van der Waals surface area contributed by atoms with Crippen molar-refractivity contribution < 1.29 is 14.8 Å². The van der Waals surface area contributed by atoms with Crippen molar-refractivity contribution in [1.29, 1.82) is 0 Å². The quantitative estimate of drug-likeness (QED) is 0.388. The van der Waals surface area contributed by atoms with Gasteiger partial charge in [0.2, 0.25) is 5.91 Å². The Morgan fingerprint density at radius 3 is 2.47 bits per heavy atom. The molecule has 1 aliphatic heterocycles. The molecule has 2 amide bonds. The number of halogens is 1. The summed E-state index contributed by atoms with van der Waals surface area (Å²) in [4.78, 5) is 35.0. The van der Waals surface area contributed by atoms with Crippen LogP contribution in [-0.4, -0.2) is 45.0 Å². The maximum absolute atomic E-state index is 12.5. The van der Waals surface area contributed by atoms with E-state index in [0.29, 0.717) is 33.5 Å². The molecule has 2 aromatic carbocycles. The van der Waals surface area contributed by atoms with Crippen LogP contribution < -0.4 is 10.8 Å². The van der Waals surface area contributed by atoms with Crippen molar-refractivity contribution in [2.24, 2.45) is 0 Å². The molecule has 32 heavy (non-hydrogen) atoms. The van der Waals surface area contributed by atoms with Crippen LogP contribution in [0.3, 0.4) is 0 Å². The van der Waals surface area contributed by atoms with E-state index in [2.05, 4.69) is 15.3 Å². The number of likely N-dealkylation sites (tertiary alicyclic amines) is 1. The summed E-state index contributed by atoms with van der Waals surface area (Å²) in [5.74, 6) is 0.307. The maximum Gasteiger partial charge on any atom is 0.253 e. The predicted molar refractivity (Wildman–Crippen MR) is 121 cm³/mol. The molecule has 0 unspecified atom stereocenters. The molecular formula is C23H22ClN5O3. The van der Waals surface area contributed by atoms with Crippen molar-refractivity contribution in [2.45, 2.75) is 19.3 Å². The molecule has 1 aromatic heterocycles. The number of carbonyl (C=O) groups excluding carboxylic acids is 2. The van der Waals surface area contributed by atoms with Gasteiger partial charge in [0.05, 0.1) is 12.1 Å². The molecule has 4 rings (SSSR count). The van der Waals surface area contributed by atoms with Crippen molar-refractivity contribution >= 4 is 34.9 Å². The number of nitrogens with one attached hydrogen (secondary N) is 2. The molecule has 164 valence electrons. The minimum Gasteiger partial charge on any atom is -0.340 e. The Morgan fingerprint density at radius 2 is 1.78 bits per heavy atom. The maximum atomic E-state index is 12.5. The Morgan fingerprint density at radius 1 is 1.03 bits per heavy atom. The Kier molecular flexibility index (Phi) is 6.63. The Labute approximate surface area is 190 Å². The van der Waals surface area contributed by atoms with E-state index >= 15 is 0 Å². The van der Waals surface area contributed by atoms with E-state index in [-0.39, 0.29) is 12.3 Å². The second-order valence-corrected chi connectivity index (χ2v) is 7.93. The highest BCUT2D eigenvalue weighted by Crippen LogP contribution is 2.24. The third kappa shape index (κ3) is 5.22. The van der Waals surface area contributed by atoms with Crippen LogP contribution in [0.15, 0.2) is 54.6 Å². The molecule has 9 heteroatoms. The first-order valence-electron chi connectivity index (χ1n) is 10.2. The van der Waals surface area contributed by atoms with Crippen LogP contribution in [0, 0.1) is 0 Å². The van der Waals surface area contributed by atoms with Crippen molar-refractivity contribution in [3.8, 4) is 11.4 Å². The average molecular weight is 452 g/mol. The van der Waals surface area contributed by atoms with Crippen LogP contribution >= 0.6 is 11.6 Å². The number of anilines is 2. The molecule has 1 saturated heterocycles. The lowest BCUT2D eigenvalue weighted by molar-refractivity contribution is -0.128. The van der Waals surface area contributed by atoms with E-state index in [0.717, 1.165) is 31.6 Å². The van der Waals surface area contributed by atoms with E-state index in [4.69, 9.17) is 16.8 Å². The molecule has 1 aliphatic rings. The minimum absolute atomic E-state index is 0.0385. The fourth-order valence-electron chi connectivity index (χ4n) is 3.56. The van der Waals surface area contributed by atoms with Crippen LogP contribution in [0.25, 0.3) is 11.4 Å². The standard InChI is InChI=1S/C23H22ClN5O3/c24-17-5-3-4-16(12-17)22-26-19(14-21(30)28-32)13-20(27-22)25-18-8-6-15(7-9-18)23(31)29-10-1-2-11-29/h3-9,12-13,32H,1-2,10-11,14H2,(H,28,30)(H,25,26,27). The zero-order valence-electron chi connectivity index (χ0n) is 17.2. The fraction of sp³-hybridized carbons (Fsp3) is 0.217. The van der Waals surface area contributed by atoms with Gasteiger partial charge in [-0.15, -0.1) is 0 Å². The van der Waals surface area contributed by atoms with E-state index in [1.165, 1.54) is 0 Å². The number of aromatic nitrogens is 2. The van der Waals surface area contributed by atoms with Gasteiger partial charge in [0.1, 0.15) is 5.82 Å². The molecule has 0 bridgehead atoms. The van der Waals surface area contributed by atoms with Gasteiger partial charge in [-0.25, -0.2) is 15.4 Å². The molecule has 8 nitrogen and oxygen atoms in total. The van der Waals surface area contributed by atoms with Gasteiger partial charge in [0.25, 0.3) is 5.91 Å². The van der Waals surface area contributed by atoms with Crippen LogP contribution in [0.1, 0.15) is 28.9 Å². The monoisotopic (exact) mass is 451 g/mol. The molecule has 0 spiro atoms. The van der Waals surface area contributed by atoms with Crippen LogP contribution in [0.2, 0.25) is 5.02 Å². The zero-order chi connectivity index (χ0) is 22.5. The number of rotatable bonds is 6. The molecule has 2 heterocycles. The van der Waals surface area contributed by atoms with Crippen LogP contribution in [0.5, 0.6) is 0 Å². The van der Waals surface area contributed by atoms with Gasteiger partial charge in [0.15, 0.2) is 5.82 Å². The summed E-state index contributed by atoms with van der Waals surface area (Å²) in [5, 5.41) is 12.6. The lowest BCUT2D eigenvalue weighted by atomic mass is 10.1. The third-order valence-electron chi connectivity index (χ3n) is 5.13. The lowest BCUT2D eigenvalue weighted by Crippen LogP contribution is -2.27. The first kappa shape index (κ1) is 21.7. The summed E-state index contributed by atoms with van der Waals surface area (Å²) in [6.07, 6.45) is 1.97. The number of hydrogen-bond acceptors (Lipinski definition) is 6. The van der Waals surface area contributed by atoms with Gasteiger partial charge in [-0.1, -0.05) is 23.7 Å². The molecule has 0 saturated carbocycles. The predicted octanol–water partition coefficient (Wildman–Crippen LogP) is 3.82. The van der Waals surface area contributed by atoms with Gasteiger partial charge < -0.3 is 10.2 Å². The number of nitrogens with zero attached hydrogens (tertiary/aromatic N) is 3. The molecule has 1 fully saturated rings. The average Bonchev–Trinajstić information content (AvgIpc) is 3.34. The molecule has 0 aliphatic carbocycles. The second-order valence-electron chi connectivity index (χ2n) is 7.49. The second kappa shape index (κ2) is 9.76. The summed E-state index contributed by atoms with van der Waals surface area (Å²) in [6, 6.07) is 15.9. The topological polar surface area (TPSA) is 107 Å². The first-order chi connectivity index (χ1) is 15.5. The van der Waals surface area contributed by atoms with Crippen molar-refractivity contribution in [3.05, 3.63) is 70.9 Å². The third-order valence-corrected chi connectivity index (χ3v) is 5.36. The number of benzene rings is 2. The molecular weight excluding hydrogens is 430 g/mol. The number of hydroxylamine groups is 1. The Hall–Kier alpha value is -3.49. The summed E-state index contributed by atoms with van der Waals surface area (Å²) in [6.45, 7) is 1.60. The summed E-state index contributed by atoms with van der Waals surface area (Å²) in [5.41, 5.74) is 4.10. The molecule has 0 atom stereocenters. The highest BCUT2D eigenvalue weighted by molar-refractivity contribution is 6.30. The van der Waals surface area contributed by atoms with Gasteiger partial charge in [-0.2, -0.15) is 0 Å². The molecule has 0 radical (unpaired) electrons. The SMILES string of the molecule is O=C(Cc1cc(Nc2ccc(C(=O)N3CCCC3)cc2)nc(-c2cccc(Cl)c2)n1)NO. The summed E-state index contributed by atoms with van der Waals surface area (Å²) >= 11 is 6.10. The smallest absolute Gasteiger partial charge is 0.253 e. The van der Waals surface area contributed by atoms with Crippen molar-refractivity contribution in [2.75, 3.05) is 18.4 Å². The highest BCUT2D eigenvalue weighted by atomic mass is 35.5. The Balaban J connectivity index is 1.59. The first-order valence-corrected chi connectivity index (χ1v) is 10.6. The van der Waals surface area contributed by atoms with E-state index < -0.39 is 5.91 Å². The van der Waals surface area contributed by atoms with Crippen molar-refractivity contribution in [1.82, 2.24) is 20.3 Å². The van der Waals surface area contributed by atoms with Gasteiger partial charge in [-0.3, -0.25) is 14.8 Å². The summed E-state index contributed by atoms with van der Waals surface area (Å²) < 4.78 is 0. The highest BCUT2D eigenvalue weighted by Gasteiger charge is 2.19. The lowest BCUT2D eigenvalue weighted by Gasteiger charge is -2.15. The van der Waals surface area contributed by atoms with Gasteiger partial charge >= 0.3 is 0 Å². The largest absolute Gasteiger partial charge is 0.340 e. The van der Waals surface area contributed by atoms with Crippen LogP contribution in [0.4, 0.5) is 11.5 Å². The normalized spacial score (nSPS) is 13.1. The number of amides is 2.